The molecule has 0 atom stereocenters. The summed E-state index contributed by atoms with van der Waals surface area (Å²) in [4.78, 5) is 0. The molecule has 0 radical (unpaired) electrons. The Kier molecular flexibility index (Phi) is 7.23. The van der Waals surface area contributed by atoms with E-state index >= 15 is 0 Å². The summed E-state index contributed by atoms with van der Waals surface area (Å²) in [7, 11) is 0. The van der Waals surface area contributed by atoms with Gasteiger partial charge in [0.25, 0.3) is 0 Å². The summed E-state index contributed by atoms with van der Waals surface area (Å²) in [5.74, 6) is 0. The van der Waals surface area contributed by atoms with Crippen molar-refractivity contribution in [1.82, 2.24) is 0 Å². The van der Waals surface area contributed by atoms with E-state index in [0.717, 1.165) is 11.1 Å². The predicted octanol–water partition coefficient (Wildman–Crippen LogP) is 2.39. The predicted molar refractivity (Wildman–Crippen MR) is 88.8 cm³/mol. The first kappa shape index (κ1) is 17.6. The van der Waals surface area contributed by atoms with E-state index in [0.29, 0.717) is 13.2 Å². The van der Waals surface area contributed by atoms with Gasteiger partial charge in [0.1, 0.15) is 0 Å². The molecule has 0 aromatic heterocycles. The van der Waals surface area contributed by atoms with Crippen LogP contribution in [0.25, 0.3) is 0 Å². The van der Waals surface area contributed by atoms with Gasteiger partial charge in [-0.25, -0.2) is 0 Å². The van der Waals surface area contributed by atoms with Gasteiger partial charge < -0.3 is 19.7 Å². The van der Waals surface area contributed by atoms with Crippen LogP contribution in [0.1, 0.15) is 11.1 Å². The fourth-order valence-electron chi connectivity index (χ4n) is 2.19. The zero-order valence-electron chi connectivity index (χ0n) is 13.2. The van der Waals surface area contributed by atoms with Gasteiger partial charge in [0.2, 0.25) is 0 Å². The van der Waals surface area contributed by atoms with Crippen LogP contribution in [0.5, 0.6) is 0 Å². The first-order valence-electron chi connectivity index (χ1n) is 7.73. The molecule has 0 saturated carbocycles. The van der Waals surface area contributed by atoms with Gasteiger partial charge in [0.15, 0.2) is 0 Å². The Morgan fingerprint density at radius 1 is 0.652 bits per heavy atom. The summed E-state index contributed by atoms with van der Waals surface area (Å²) < 4.78 is 11.3. The Hall–Kier alpha value is -1.72. The number of hydrogen-bond acceptors (Lipinski definition) is 4. The van der Waals surface area contributed by atoms with Crippen LogP contribution in [0.3, 0.4) is 0 Å². The maximum absolute atomic E-state index is 9.65. The van der Waals surface area contributed by atoms with Crippen LogP contribution < -0.4 is 0 Å². The van der Waals surface area contributed by atoms with Crippen LogP contribution in [-0.4, -0.2) is 36.6 Å². The van der Waals surface area contributed by atoms with Crippen LogP contribution in [0.4, 0.5) is 0 Å². The van der Waals surface area contributed by atoms with Crippen molar-refractivity contribution in [2.75, 3.05) is 26.4 Å². The molecule has 2 aromatic carbocycles. The minimum atomic E-state index is -0.788. The smallest absolute Gasteiger partial charge is 0.0717 e. The molecule has 0 heterocycles. The molecule has 2 aromatic rings. The molecule has 2 N–H and O–H groups in total. The maximum atomic E-state index is 9.65. The summed E-state index contributed by atoms with van der Waals surface area (Å²) >= 11 is 0. The summed E-state index contributed by atoms with van der Waals surface area (Å²) in [6, 6.07) is 19.6. The van der Waals surface area contributed by atoms with Crippen LogP contribution in [0.15, 0.2) is 60.7 Å². The number of rotatable bonds is 10. The molecule has 23 heavy (non-hydrogen) atoms. The Morgan fingerprint density at radius 2 is 1.04 bits per heavy atom. The van der Waals surface area contributed by atoms with Crippen LogP contribution in [0.2, 0.25) is 0 Å². The fraction of sp³-hybridized carbons (Fsp3) is 0.368. The van der Waals surface area contributed by atoms with Gasteiger partial charge in [-0.2, -0.15) is 0 Å². The zero-order valence-corrected chi connectivity index (χ0v) is 13.2. The van der Waals surface area contributed by atoms with Gasteiger partial charge >= 0.3 is 0 Å². The lowest BCUT2D eigenvalue weighted by Gasteiger charge is -2.29. The zero-order chi connectivity index (χ0) is 16.4. The molecular weight excluding hydrogens is 292 g/mol. The van der Waals surface area contributed by atoms with Gasteiger partial charge in [0, 0.05) is 0 Å². The van der Waals surface area contributed by atoms with Crippen LogP contribution >= 0.6 is 0 Å². The lowest BCUT2D eigenvalue weighted by atomic mass is 9.92. The van der Waals surface area contributed by atoms with E-state index in [-0.39, 0.29) is 26.4 Å². The standard InChI is InChI=1S/C19H24O4/c20-13-19(14-21,15-22-11-17-7-3-1-4-8-17)16-23-12-18-9-5-2-6-10-18/h1-10,20-21H,11-16H2. The first-order chi connectivity index (χ1) is 11.3. The van der Waals surface area contributed by atoms with E-state index in [1.807, 2.05) is 60.7 Å². The lowest BCUT2D eigenvalue weighted by molar-refractivity contribution is -0.0839. The van der Waals surface area contributed by atoms with Crippen molar-refractivity contribution in [2.45, 2.75) is 13.2 Å². The summed E-state index contributed by atoms with van der Waals surface area (Å²) in [5, 5.41) is 19.3. The molecule has 4 heteroatoms. The SMILES string of the molecule is OCC(CO)(COCc1ccccc1)COCc1ccccc1. The molecule has 0 saturated heterocycles. The Morgan fingerprint density at radius 3 is 1.39 bits per heavy atom. The van der Waals surface area contributed by atoms with Crippen molar-refractivity contribution in [3.05, 3.63) is 71.8 Å². The van der Waals surface area contributed by atoms with Gasteiger partial charge in [-0.05, 0) is 11.1 Å². The molecule has 0 aliphatic heterocycles. The summed E-state index contributed by atoms with van der Waals surface area (Å²) in [6.07, 6.45) is 0. The molecule has 0 aliphatic carbocycles. The third-order valence-electron chi connectivity index (χ3n) is 3.71. The number of benzene rings is 2. The quantitative estimate of drug-likeness (QED) is 0.706. The van der Waals surface area contributed by atoms with Crippen LogP contribution in [-0.2, 0) is 22.7 Å². The van der Waals surface area contributed by atoms with E-state index in [1.54, 1.807) is 0 Å². The van der Waals surface area contributed by atoms with E-state index in [4.69, 9.17) is 9.47 Å². The highest BCUT2D eigenvalue weighted by atomic mass is 16.5. The second kappa shape index (κ2) is 9.43. The number of aliphatic hydroxyl groups excluding tert-OH is 2. The molecule has 0 amide bonds. The Bertz CT molecular complexity index is 490. The van der Waals surface area contributed by atoms with Crippen molar-refractivity contribution >= 4 is 0 Å². The van der Waals surface area contributed by atoms with Gasteiger partial charge in [-0.3, -0.25) is 0 Å². The Balaban J connectivity index is 1.80. The van der Waals surface area contributed by atoms with Gasteiger partial charge in [0.05, 0.1) is 45.1 Å². The highest BCUT2D eigenvalue weighted by Crippen LogP contribution is 2.19. The molecule has 0 aliphatic rings. The third kappa shape index (κ3) is 5.77. The minimum Gasteiger partial charge on any atom is -0.396 e. The maximum Gasteiger partial charge on any atom is 0.0717 e. The summed E-state index contributed by atoms with van der Waals surface area (Å²) in [6.45, 7) is 0.996. The Labute approximate surface area is 137 Å². The molecule has 124 valence electrons. The van der Waals surface area contributed by atoms with Gasteiger partial charge in [-0.15, -0.1) is 0 Å². The van der Waals surface area contributed by atoms with Crippen molar-refractivity contribution in [3.63, 3.8) is 0 Å². The largest absolute Gasteiger partial charge is 0.396 e. The minimum absolute atomic E-state index is 0.187. The molecule has 0 fully saturated rings. The average Bonchev–Trinajstić information content (AvgIpc) is 2.62. The molecule has 0 spiro atoms. The normalized spacial score (nSPS) is 11.6. The highest BCUT2D eigenvalue weighted by Gasteiger charge is 2.30. The van der Waals surface area contributed by atoms with Gasteiger partial charge in [-0.1, -0.05) is 60.7 Å². The van der Waals surface area contributed by atoms with Crippen molar-refractivity contribution in [1.29, 1.82) is 0 Å². The molecule has 4 nitrogen and oxygen atoms in total. The van der Waals surface area contributed by atoms with E-state index < -0.39 is 5.41 Å². The van der Waals surface area contributed by atoms with E-state index in [1.165, 1.54) is 0 Å². The van der Waals surface area contributed by atoms with Crippen molar-refractivity contribution in [2.24, 2.45) is 5.41 Å². The third-order valence-corrected chi connectivity index (χ3v) is 3.71. The number of hydrogen-bond donors (Lipinski definition) is 2. The van der Waals surface area contributed by atoms with Crippen LogP contribution in [0, 0.1) is 5.41 Å². The molecule has 0 bridgehead atoms. The second-order valence-electron chi connectivity index (χ2n) is 5.77. The average molecular weight is 316 g/mol. The van der Waals surface area contributed by atoms with E-state index in [9.17, 15) is 10.2 Å². The number of aliphatic hydroxyl groups is 2. The molecule has 2 rings (SSSR count). The fourth-order valence-corrected chi connectivity index (χ4v) is 2.19. The highest BCUT2D eigenvalue weighted by molar-refractivity contribution is 5.14. The van der Waals surface area contributed by atoms with E-state index in [2.05, 4.69) is 0 Å². The monoisotopic (exact) mass is 316 g/mol. The van der Waals surface area contributed by atoms with Crippen molar-refractivity contribution in [3.8, 4) is 0 Å². The molecular formula is C19H24O4. The summed E-state index contributed by atoms with van der Waals surface area (Å²) in [5.41, 5.74) is 1.33. The number of ether oxygens (including phenoxy) is 2. The molecule has 0 unspecified atom stereocenters. The lowest BCUT2D eigenvalue weighted by Crippen LogP contribution is -2.39. The second-order valence-corrected chi connectivity index (χ2v) is 5.77. The topological polar surface area (TPSA) is 58.9 Å². The first-order valence-corrected chi connectivity index (χ1v) is 7.73. The van der Waals surface area contributed by atoms with Crippen molar-refractivity contribution < 1.29 is 19.7 Å².